The molecule has 0 aliphatic carbocycles. The van der Waals surface area contributed by atoms with Crippen molar-refractivity contribution in [2.75, 3.05) is 18.1 Å². The molecule has 1 aromatic rings. The highest BCUT2D eigenvalue weighted by atomic mass is 79.9. The van der Waals surface area contributed by atoms with Gasteiger partial charge in [-0.15, -0.1) is 0 Å². The van der Waals surface area contributed by atoms with Crippen LogP contribution in [0.5, 0.6) is 0 Å². The summed E-state index contributed by atoms with van der Waals surface area (Å²) < 4.78 is 0.879. The summed E-state index contributed by atoms with van der Waals surface area (Å²) in [6.45, 7) is 1.50. The average Bonchev–Trinajstić information content (AvgIpc) is 2.39. The predicted molar refractivity (Wildman–Crippen MR) is 82.6 cm³/mol. The molecule has 1 heterocycles. The van der Waals surface area contributed by atoms with E-state index in [1.807, 2.05) is 17.8 Å². The lowest BCUT2D eigenvalue weighted by Crippen LogP contribution is -2.25. The van der Waals surface area contributed by atoms with E-state index in [9.17, 15) is 10.1 Å². The highest BCUT2D eigenvalue weighted by Crippen LogP contribution is 2.24. The summed E-state index contributed by atoms with van der Waals surface area (Å²) in [5.74, 6) is 3.19. The molecule has 0 radical (unpaired) electrons. The fraction of sp³-hybridized carbons (Fsp3) is 0.538. The molecular formula is C13H17BrN2O2S. The van der Waals surface area contributed by atoms with Crippen LogP contribution in [0.2, 0.25) is 0 Å². The van der Waals surface area contributed by atoms with Crippen molar-refractivity contribution in [2.24, 2.45) is 5.92 Å². The van der Waals surface area contributed by atoms with Crippen molar-refractivity contribution >= 4 is 33.4 Å². The van der Waals surface area contributed by atoms with Gasteiger partial charge in [-0.25, -0.2) is 0 Å². The second kappa shape index (κ2) is 7.26. The van der Waals surface area contributed by atoms with Gasteiger partial charge in [-0.1, -0.05) is 15.9 Å². The Hall–Kier alpha value is -0.590. The summed E-state index contributed by atoms with van der Waals surface area (Å²) in [6, 6.07) is 5.08. The average molecular weight is 345 g/mol. The minimum atomic E-state index is -0.319. The SMILES string of the molecule is O=[N+]([O-])c1ccc(Br)cc1CNCC1CCSCC1. The van der Waals surface area contributed by atoms with E-state index in [-0.39, 0.29) is 10.6 Å². The van der Waals surface area contributed by atoms with Crippen LogP contribution in [0.15, 0.2) is 22.7 Å². The van der Waals surface area contributed by atoms with E-state index in [4.69, 9.17) is 0 Å². The Morgan fingerprint density at radius 3 is 2.84 bits per heavy atom. The van der Waals surface area contributed by atoms with Gasteiger partial charge in [-0.05, 0) is 48.9 Å². The molecule has 0 saturated carbocycles. The number of nitrogens with one attached hydrogen (secondary N) is 1. The molecule has 1 aliphatic rings. The number of nitro groups is 1. The van der Waals surface area contributed by atoms with Crippen LogP contribution in [-0.4, -0.2) is 23.0 Å². The van der Waals surface area contributed by atoms with Crippen LogP contribution in [0.25, 0.3) is 0 Å². The molecule has 1 fully saturated rings. The van der Waals surface area contributed by atoms with Gasteiger partial charge in [0.1, 0.15) is 0 Å². The van der Waals surface area contributed by atoms with Crippen molar-refractivity contribution in [1.82, 2.24) is 5.32 Å². The number of rotatable bonds is 5. The molecule has 1 N–H and O–H groups in total. The van der Waals surface area contributed by atoms with Crippen LogP contribution in [0.3, 0.4) is 0 Å². The summed E-state index contributed by atoms with van der Waals surface area (Å²) in [6.07, 6.45) is 2.50. The molecule has 0 unspecified atom stereocenters. The number of nitrogens with zero attached hydrogens (tertiary/aromatic N) is 1. The van der Waals surface area contributed by atoms with Gasteiger partial charge in [0, 0.05) is 22.6 Å². The van der Waals surface area contributed by atoms with Gasteiger partial charge in [0.15, 0.2) is 0 Å². The Morgan fingerprint density at radius 1 is 1.42 bits per heavy atom. The van der Waals surface area contributed by atoms with E-state index < -0.39 is 0 Å². The van der Waals surface area contributed by atoms with Crippen molar-refractivity contribution in [3.8, 4) is 0 Å². The highest BCUT2D eigenvalue weighted by Gasteiger charge is 2.16. The van der Waals surface area contributed by atoms with E-state index in [0.717, 1.165) is 16.6 Å². The van der Waals surface area contributed by atoms with Crippen LogP contribution in [0.1, 0.15) is 18.4 Å². The maximum absolute atomic E-state index is 11.0. The zero-order valence-electron chi connectivity index (χ0n) is 10.6. The predicted octanol–water partition coefficient (Wildman–Crippen LogP) is 3.59. The number of nitro benzene ring substituents is 1. The first-order valence-electron chi connectivity index (χ1n) is 6.38. The third-order valence-electron chi connectivity index (χ3n) is 3.33. The van der Waals surface area contributed by atoms with Crippen LogP contribution >= 0.6 is 27.7 Å². The number of benzene rings is 1. The van der Waals surface area contributed by atoms with Crippen molar-refractivity contribution in [3.05, 3.63) is 38.3 Å². The summed E-state index contributed by atoms with van der Waals surface area (Å²) in [5, 5.41) is 14.3. The zero-order valence-corrected chi connectivity index (χ0v) is 13.0. The summed E-state index contributed by atoms with van der Waals surface area (Å²) in [4.78, 5) is 10.6. The number of hydrogen-bond donors (Lipinski definition) is 1. The minimum Gasteiger partial charge on any atom is -0.312 e. The highest BCUT2D eigenvalue weighted by molar-refractivity contribution is 9.10. The van der Waals surface area contributed by atoms with Crippen molar-refractivity contribution in [2.45, 2.75) is 19.4 Å². The molecule has 1 saturated heterocycles. The summed E-state index contributed by atoms with van der Waals surface area (Å²) in [7, 11) is 0. The molecule has 19 heavy (non-hydrogen) atoms. The Bertz CT molecular complexity index is 450. The molecule has 0 spiro atoms. The second-order valence-electron chi connectivity index (χ2n) is 4.72. The topological polar surface area (TPSA) is 55.2 Å². The fourth-order valence-electron chi connectivity index (χ4n) is 2.24. The first-order chi connectivity index (χ1) is 9.16. The van der Waals surface area contributed by atoms with Gasteiger partial charge in [-0.2, -0.15) is 11.8 Å². The normalized spacial score (nSPS) is 16.5. The van der Waals surface area contributed by atoms with Crippen molar-refractivity contribution in [1.29, 1.82) is 0 Å². The van der Waals surface area contributed by atoms with Gasteiger partial charge in [0.2, 0.25) is 0 Å². The molecule has 4 nitrogen and oxygen atoms in total. The number of halogens is 1. The van der Waals surface area contributed by atoms with Crippen molar-refractivity contribution in [3.63, 3.8) is 0 Å². The largest absolute Gasteiger partial charge is 0.312 e. The Balaban J connectivity index is 1.91. The third kappa shape index (κ3) is 4.47. The molecule has 1 aliphatic heterocycles. The maximum Gasteiger partial charge on any atom is 0.273 e. The molecule has 2 rings (SSSR count). The van der Waals surface area contributed by atoms with Gasteiger partial charge < -0.3 is 5.32 Å². The van der Waals surface area contributed by atoms with Crippen LogP contribution in [-0.2, 0) is 6.54 Å². The monoisotopic (exact) mass is 344 g/mol. The van der Waals surface area contributed by atoms with E-state index in [0.29, 0.717) is 12.5 Å². The molecule has 6 heteroatoms. The molecule has 0 bridgehead atoms. The van der Waals surface area contributed by atoms with E-state index >= 15 is 0 Å². The van der Waals surface area contributed by atoms with E-state index in [1.165, 1.54) is 24.3 Å². The fourth-order valence-corrected chi connectivity index (χ4v) is 3.85. The molecular weight excluding hydrogens is 328 g/mol. The quantitative estimate of drug-likeness (QED) is 0.655. The third-order valence-corrected chi connectivity index (χ3v) is 4.87. The van der Waals surface area contributed by atoms with E-state index in [2.05, 4.69) is 21.2 Å². The number of hydrogen-bond acceptors (Lipinski definition) is 4. The summed E-state index contributed by atoms with van der Waals surface area (Å²) >= 11 is 5.37. The smallest absolute Gasteiger partial charge is 0.273 e. The molecule has 0 amide bonds. The van der Waals surface area contributed by atoms with E-state index in [1.54, 1.807) is 12.1 Å². The lowest BCUT2D eigenvalue weighted by atomic mass is 10.0. The molecule has 0 atom stereocenters. The van der Waals surface area contributed by atoms with Crippen LogP contribution < -0.4 is 5.32 Å². The van der Waals surface area contributed by atoms with Gasteiger partial charge in [0.05, 0.1) is 4.92 Å². The lowest BCUT2D eigenvalue weighted by Gasteiger charge is -2.21. The van der Waals surface area contributed by atoms with Gasteiger partial charge >= 0.3 is 0 Å². The minimum absolute atomic E-state index is 0.190. The Morgan fingerprint density at radius 2 is 2.16 bits per heavy atom. The first kappa shape index (κ1) is 14.8. The number of thioether (sulfide) groups is 1. The lowest BCUT2D eigenvalue weighted by molar-refractivity contribution is -0.385. The first-order valence-corrected chi connectivity index (χ1v) is 8.33. The van der Waals surface area contributed by atoms with Crippen molar-refractivity contribution < 1.29 is 4.92 Å². The maximum atomic E-state index is 11.0. The molecule has 0 aromatic heterocycles. The van der Waals surface area contributed by atoms with Gasteiger partial charge in [0.25, 0.3) is 5.69 Å². The van der Waals surface area contributed by atoms with Gasteiger partial charge in [-0.3, -0.25) is 10.1 Å². The Labute approximate surface area is 125 Å². The second-order valence-corrected chi connectivity index (χ2v) is 6.86. The molecule has 1 aromatic carbocycles. The zero-order chi connectivity index (χ0) is 13.7. The standard InChI is InChI=1S/C13H17BrN2O2S/c14-12-1-2-13(16(17)18)11(7-12)9-15-8-10-3-5-19-6-4-10/h1-2,7,10,15H,3-6,8-9H2. The molecule has 104 valence electrons. The van der Waals surface area contributed by atoms with Crippen LogP contribution in [0, 0.1) is 16.0 Å². The van der Waals surface area contributed by atoms with Crippen LogP contribution in [0.4, 0.5) is 5.69 Å². The summed E-state index contributed by atoms with van der Waals surface area (Å²) in [5.41, 5.74) is 0.930. The Kier molecular flexibility index (Phi) is 5.66.